The van der Waals surface area contributed by atoms with E-state index in [1.807, 2.05) is 30.3 Å². The molecule has 0 saturated heterocycles. The lowest BCUT2D eigenvalue weighted by Crippen LogP contribution is -2.33. The van der Waals surface area contributed by atoms with Crippen LogP contribution in [0.2, 0.25) is 0 Å². The average Bonchev–Trinajstić information content (AvgIpc) is 2.98. The molecule has 0 saturated carbocycles. The summed E-state index contributed by atoms with van der Waals surface area (Å²) in [6, 6.07) is 11.7. The molecule has 0 unspecified atom stereocenters. The predicted octanol–water partition coefficient (Wildman–Crippen LogP) is 2.35. The SMILES string of the molecule is CC(=O)Nc1cccc(CN=C(N)NCCc2cccs2)c1. The summed E-state index contributed by atoms with van der Waals surface area (Å²) in [6.45, 7) is 2.73. The highest BCUT2D eigenvalue weighted by Gasteiger charge is 1.99. The van der Waals surface area contributed by atoms with Gasteiger partial charge in [0.1, 0.15) is 0 Å². The first kappa shape index (κ1) is 16.0. The number of aliphatic imine (C=N–C) groups is 1. The van der Waals surface area contributed by atoms with Crippen molar-refractivity contribution in [1.29, 1.82) is 0 Å². The number of nitrogens with one attached hydrogen (secondary N) is 2. The largest absolute Gasteiger partial charge is 0.370 e. The first-order chi connectivity index (χ1) is 10.6. The molecule has 1 aromatic heterocycles. The minimum Gasteiger partial charge on any atom is -0.370 e. The Bertz CT molecular complexity index is 637. The van der Waals surface area contributed by atoms with Crippen LogP contribution in [0.15, 0.2) is 46.8 Å². The van der Waals surface area contributed by atoms with Gasteiger partial charge >= 0.3 is 0 Å². The molecule has 0 aliphatic carbocycles. The maximum atomic E-state index is 11.0. The number of nitrogens with two attached hydrogens (primary N) is 1. The quantitative estimate of drug-likeness (QED) is 0.565. The Morgan fingerprint density at radius 3 is 2.91 bits per heavy atom. The standard InChI is InChI=1S/C16H20N4OS/c1-12(21)20-14-5-2-4-13(10-14)11-19-16(17)18-8-7-15-6-3-9-22-15/h2-6,9-10H,7-8,11H2,1H3,(H,20,21)(H3,17,18,19). The fraction of sp³-hybridized carbons (Fsp3) is 0.250. The Kier molecular flexibility index (Phi) is 5.97. The van der Waals surface area contributed by atoms with Gasteiger partial charge in [-0.2, -0.15) is 0 Å². The molecule has 2 aromatic rings. The van der Waals surface area contributed by atoms with Crippen LogP contribution in [0, 0.1) is 0 Å². The van der Waals surface area contributed by atoms with E-state index < -0.39 is 0 Å². The van der Waals surface area contributed by atoms with Gasteiger partial charge in [0.05, 0.1) is 6.54 Å². The number of guanidine groups is 1. The highest BCUT2D eigenvalue weighted by atomic mass is 32.1. The Labute approximate surface area is 134 Å². The third-order valence-corrected chi connectivity index (χ3v) is 3.87. The predicted molar refractivity (Wildman–Crippen MR) is 92.1 cm³/mol. The molecule has 0 atom stereocenters. The molecule has 5 nitrogen and oxygen atoms in total. The van der Waals surface area contributed by atoms with Crippen molar-refractivity contribution < 1.29 is 4.79 Å². The van der Waals surface area contributed by atoms with Crippen molar-refractivity contribution in [2.24, 2.45) is 10.7 Å². The molecule has 1 aromatic carbocycles. The van der Waals surface area contributed by atoms with Crippen LogP contribution < -0.4 is 16.4 Å². The highest BCUT2D eigenvalue weighted by molar-refractivity contribution is 7.09. The molecule has 0 spiro atoms. The third-order valence-electron chi connectivity index (χ3n) is 2.94. The second kappa shape index (κ2) is 8.19. The first-order valence-corrected chi connectivity index (χ1v) is 7.94. The van der Waals surface area contributed by atoms with E-state index in [9.17, 15) is 4.79 Å². The van der Waals surface area contributed by atoms with Gasteiger partial charge in [-0.15, -0.1) is 11.3 Å². The molecule has 0 aliphatic rings. The summed E-state index contributed by atoms with van der Waals surface area (Å²) in [5, 5.41) is 7.92. The van der Waals surface area contributed by atoms with E-state index >= 15 is 0 Å². The summed E-state index contributed by atoms with van der Waals surface area (Å²) in [7, 11) is 0. The minimum atomic E-state index is -0.0876. The number of carbonyl (C=O) groups excluding carboxylic acids is 1. The Hall–Kier alpha value is -2.34. The maximum absolute atomic E-state index is 11.0. The van der Waals surface area contributed by atoms with Crippen LogP contribution in [0.1, 0.15) is 17.4 Å². The van der Waals surface area contributed by atoms with Crippen LogP contribution in [-0.4, -0.2) is 18.4 Å². The van der Waals surface area contributed by atoms with Crippen LogP contribution in [0.25, 0.3) is 0 Å². The zero-order valence-corrected chi connectivity index (χ0v) is 13.3. The number of rotatable bonds is 6. The van der Waals surface area contributed by atoms with Crippen molar-refractivity contribution in [3.05, 3.63) is 52.2 Å². The zero-order chi connectivity index (χ0) is 15.8. The van der Waals surface area contributed by atoms with E-state index in [0.717, 1.165) is 24.2 Å². The Morgan fingerprint density at radius 1 is 1.32 bits per heavy atom. The molecule has 22 heavy (non-hydrogen) atoms. The third kappa shape index (κ3) is 5.57. The Morgan fingerprint density at radius 2 is 2.18 bits per heavy atom. The zero-order valence-electron chi connectivity index (χ0n) is 12.5. The summed E-state index contributed by atoms with van der Waals surface area (Å²) >= 11 is 1.74. The topological polar surface area (TPSA) is 79.5 Å². The summed E-state index contributed by atoms with van der Waals surface area (Å²) in [4.78, 5) is 16.7. The molecular formula is C16H20N4OS. The summed E-state index contributed by atoms with van der Waals surface area (Å²) < 4.78 is 0. The molecule has 0 radical (unpaired) electrons. The van der Waals surface area contributed by atoms with Crippen LogP contribution in [0.5, 0.6) is 0 Å². The average molecular weight is 316 g/mol. The number of benzene rings is 1. The van der Waals surface area contributed by atoms with Crippen molar-refractivity contribution in [1.82, 2.24) is 5.32 Å². The Balaban J connectivity index is 1.81. The molecular weight excluding hydrogens is 296 g/mol. The lowest BCUT2D eigenvalue weighted by atomic mass is 10.2. The van der Waals surface area contributed by atoms with Crippen molar-refractivity contribution >= 4 is 28.9 Å². The smallest absolute Gasteiger partial charge is 0.221 e. The van der Waals surface area contributed by atoms with E-state index in [1.165, 1.54) is 11.8 Å². The fourth-order valence-electron chi connectivity index (χ4n) is 1.95. The molecule has 1 heterocycles. The van der Waals surface area contributed by atoms with E-state index in [4.69, 9.17) is 5.73 Å². The van der Waals surface area contributed by atoms with E-state index in [0.29, 0.717) is 12.5 Å². The van der Waals surface area contributed by atoms with Gasteiger partial charge in [0.15, 0.2) is 5.96 Å². The second-order valence-electron chi connectivity index (χ2n) is 4.84. The second-order valence-corrected chi connectivity index (χ2v) is 5.87. The number of hydrogen-bond donors (Lipinski definition) is 3. The highest BCUT2D eigenvalue weighted by Crippen LogP contribution is 2.11. The molecule has 0 bridgehead atoms. The van der Waals surface area contributed by atoms with Crippen molar-refractivity contribution in [2.75, 3.05) is 11.9 Å². The maximum Gasteiger partial charge on any atom is 0.221 e. The number of anilines is 1. The van der Waals surface area contributed by atoms with E-state index in [2.05, 4.69) is 27.1 Å². The first-order valence-electron chi connectivity index (χ1n) is 7.06. The summed E-state index contributed by atoms with van der Waals surface area (Å²) in [5.74, 6) is 0.344. The van der Waals surface area contributed by atoms with Crippen molar-refractivity contribution in [3.8, 4) is 0 Å². The van der Waals surface area contributed by atoms with Crippen LogP contribution in [-0.2, 0) is 17.8 Å². The monoisotopic (exact) mass is 316 g/mol. The van der Waals surface area contributed by atoms with Gasteiger partial charge in [-0.25, -0.2) is 4.99 Å². The molecule has 4 N–H and O–H groups in total. The van der Waals surface area contributed by atoms with Gasteiger partial charge in [-0.1, -0.05) is 18.2 Å². The van der Waals surface area contributed by atoms with Crippen LogP contribution >= 0.6 is 11.3 Å². The van der Waals surface area contributed by atoms with Crippen LogP contribution in [0.4, 0.5) is 5.69 Å². The fourth-order valence-corrected chi connectivity index (χ4v) is 2.66. The summed E-state index contributed by atoms with van der Waals surface area (Å²) in [5.41, 5.74) is 7.62. The minimum absolute atomic E-state index is 0.0876. The number of carbonyl (C=O) groups is 1. The molecule has 6 heteroatoms. The molecule has 0 fully saturated rings. The molecule has 0 aliphatic heterocycles. The van der Waals surface area contributed by atoms with Gasteiger partial charge in [0, 0.05) is 24.0 Å². The normalized spacial score (nSPS) is 11.2. The van der Waals surface area contributed by atoms with Gasteiger partial charge in [-0.05, 0) is 35.6 Å². The summed E-state index contributed by atoms with van der Waals surface area (Å²) in [6.07, 6.45) is 0.936. The lowest BCUT2D eigenvalue weighted by Gasteiger charge is -2.06. The van der Waals surface area contributed by atoms with Crippen molar-refractivity contribution in [3.63, 3.8) is 0 Å². The van der Waals surface area contributed by atoms with E-state index in [-0.39, 0.29) is 5.91 Å². The van der Waals surface area contributed by atoms with Crippen molar-refractivity contribution in [2.45, 2.75) is 19.9 Å². The molecule has 116 valence electrons. The number of amides is 1. The van der Waals surface area contributed by atoms with Gasteiger partial charge in [0.25, 0.3) is 0 Å². The van der Waals surface area contributed by atoms with E-state index in [1.54, 1.807) is 11.3 Å². The van der Waals surface area contributed by atoms with Gasteiger partial charge in [0.2, 0.25) is 5.91 Å². The molecule has 1 amide bonds. The molecule has 2 rings (SSSR count). The van der Waals surface area contributed by atoms with Gasteiger partial charge in [-0.3, -0.25) is 4.79 Å². The van der Waals surface area contributed by atoms with Crippen LogP contribution in [0.3, 0.4) is 0 Å². The number of nitrogens with zero attached hydrogens (tertiary/aromatic N) is 1. The van der Waals surface area contributed by atoms with Gasteiger partial charge < -0.3 is 16.4 Å². The number of thiophene rings is 1. The number of hydrogen-bond acceptors (Lipinski definition) is 3. The lowest BCUT2D eigenvalue weighted by molar-refractivity contribution is -0.114.